The number of allylic oxidation sites excluding steroid dienone is 2. The second-order valence-electron chi connectivity index (χ2n) is 5.91. The molecule has 0 bridgehead atoms. The molecule has 0 radical (unpaired) electrons. The first-order chi connectivity index (χ1) is 10.7. The predicted molar refractivity (Wildman–Crippen MR) is 85.7 cm³/mol. The minimum atomic E-state index is -0.983. The highest BCUT2D eigenvalue weighted by atomic mass is 16.6. The van der Waals surface area contributed by atoms with Crippen LogP contribution in [0.25, 0.3) is 0 Å². The average Bonchev–Trinajstić information content (AvgIpc) is 2.85. The van der Waals surface area contributed by atoms with Crippen LogP contribution in [-0.4, -0.2) is 59.6 Å². The van der Waals surface area contributed by atoms with Gasteiger partial charge in [0.1, 0.15) is 24.4 Å². The molecule has 0 aromatic carbocycles. The molecule has 0 amide bonds. The summed E-state index contributed by atoms with van der Waals surface area (Å²) in [5, 5.41) is 28.5. The smallest absolute Gasteiger partial charge is 0.114 e. The van der Waals surface area contributed by atoms with Crippen molar-refractivity contribution >= 4 is 0 Å². The van der Waals surface area contributed by atoms with Gasteiger partial charge in [-0.05, 0) is 32.1 Å². The Morgan fingerprint density at radius 1 is 1.14 bits per heavy atom. The summed E-state index contributed by atoms with van der Waals surface area (Å²) in [5.41, 5.74) is 0. The van der Waals surface area contributed by atoms with Gasteiger partial charge in [-0.15, -0.1) is 0 Å². The van der Waals surface area contributed by atoms with E-state index in [4.69, 9.17) is 9.47 Å². The standard InChI is InChI=1S/C17H32O5/c1-2-3-4-5-6-7-8-9-10-11-21-15(12-18)17-16(20)14(19)13-22-17/h6-7,14-20H,2-5,8-13H2,1H3/b7-6+/t14-,15+,16+,17+/m1/s1. The van der Waals surface area contributed by atoms with Gasteiger partial charge in [0.05, 0.1) is 13.2 Å². The van der Waals surface area contributed by atoms with Gasteiger partial charge >= 0.3 is 0 Å². The molecule has 1 aliphatic heterocycles. The molecule has 5 nitrogen and oxygen atoms in total. The number of rotatable bonds is 12. The van der Waals surface area contributed by atoms with Gasteiger partial charge in [-0.25, -0.2) is 0 Å². The normalized spacial score (nSPS) is 26.8. The van der Waals surface area contributed by atoms with E-state index in [-0.39, 0.29) is 13.2 Å². The summed E-state index contributed by atoms with van der Waals surface area (Å²) in [6.45, 7) is 2.61. The topological polar surface area (TPSA) is 79.2 Å². The molecule has 0 aliphatic carbocycles. The molecule has 1 aliphatic rings. The van der Waals surface area contributed by atoms with Gasteiger partial charge < -0.3 is 24.8 Å². The molecule has 3 N–H and O–H groups in total. The Morgan fingerprint density at radius 2 is 1.82 bits per heavy atom. The van der Waals surface area contributed by atoms with Crippen LogP contribution in [0.4, 0.5) is 0 Å². The molecule has 0 aromatic rings. The zero-order chi connectivity index (χ0) is 16.2. The van der Waals surface area contributed by atoms with Crippen molar-refractivity contribution in [2.45, 2.75) is 76.3 Å². The maximum absolute atomic E-state index is 9.75. The Kier molecular flexibility index (Phi) is 10.7. The van der Waals surface area contributed by atoms with E-state index >= 15 is 0 Å². The Bertz CT molecular complexity index is 295. The molecule has 1 rings (SSSR count). The van der Waals surface area contributed by atoms with E-state index in [1.54, 1.807) is 0 Å². The van der Waals surface area contributed by atoms with Crippen LogP contribution in [0.1, 0.15) is 51.9 Å². The van der Waals surface area contributed by atoms with E-state index in [0.29, 0.717) is 6.61 Å². The second-order valence-corrected chi connectivity index (χ2v) is 5.91. The number of unbranched alkanes of at least 4 members (excludes halogenated alkanes) is 5. The van der Waals surface area contributed by atoms with Crippen molar-refractivity contribution in [2.24, 2.45) is 0 Å². The number of ether oxygens (including phenoxy) is 2. The lowest BCUT2D eigenvalue weighted by Crippen LogP contribution is -2.42. The maximum atomic E-state index is 9.75. The molecule has 1 fully saturated rings. The van der Waals surface area contributed by atoms with Crippen LogP contribution in [0.5, 0.6) is 0 Å². The molecule has 0 aromatic heterocycles. The average molecular weight is 316 g/mol. The van der Waals surface area contributed by atoms with Crippen LogP contribution in [0.3, 0.4) is 0 Å². The summed E-state index contributed by atoms with van der Waals surface area (Å²) in [4.78, 5) is 0. The molecule has 130 valence electrons. The molecule has 0 spiro atoms. The quantitative estimate of drug-likeness (QED) is 0.378. The number of aliphatic hydroxyl groups is 3. The van der Waals surface area contributed by atoms with Crippen molar-refractivity contribution in [1.29, 1.82) is 0 Å². The lowest BCUT2D eigenvalue weighted by Gasteiger charge is -2.24. The first-order valence-electron chi connectivity index (χ1n) is 8.55. The second kappa shape index (κ2) is 12.0. The first kappa shape index (κ1) is 19.6. The van der Waals surface area contributed by atoms with Crippen molar-refractivity contribution in [2.75, 3.05) is 19.8 Å². The third kappa shape index (κ3) is 7.20. The molecule has 0 saturated carbocycles. The first-order valence-corrected chi connectivity index (χ1v) is 8.55. The zero-order valence-corrected chi connectivity index (χ0v) is 13.7. The van der Waals surface area contributed by atoms with Gasteiger partial charge in [-0.2, -0.15) is 0 Å². The molecular formula is C17H32O5. The molecule has 1 heterocycles. The Balaban J connectivity index is 2.05. The van der Waals surface area contributed by atoms with Crippen molar-refractivity contribution < 1.29 is 24.8 Å². The third-order valence-electron chi connectivity index (χ3n) is 3.97. The summed E-state index contributed by atoms with van der Waals surface area (Å²) in [6, 6.07) is 0. The highest BCUT2D eigenvalue weighted by Gasteiger charge is 2.40. The van der Waals surface area contributed by atoms with Gasteiger partial charge in [-0.3, -0.25) is 0 Å². The minimum absolute atomic E-state index is 0.0918. The van der Waals surface area contributed by atoms with Crippen LogP contribution in [0.15, 0.2) is 12.2 Å². The molecule has 5 heteroatoms. The summed E-state index contributed by atoms with van der Waals surface area (Å²) in [5.74, 6) is 0. The fourth-order valence-electron chi connectivity index (χ4n) is 2.55. The van der Waals surface area contributed by atoms with Gasteiger partial charge in [0.2, 0.25) is 0 Å². The van der Waals surface area contributed by atoms with Crippen LogP contribution in [0, 0.1) is 0 Å². The van der Waals surface area contributed by atoms with Gasteiger partial charge in [0.15, 0.2) is 0 Å². The van der Waals surface area contributed by atoms with Gasteiger partial charge in [0, 0.05) is 6.61 Å². The SMILES string of the molecule is CCCCC/C=C/CCCCO[C@@H](CO)[C@@H]1OC[C@@H](O)[C@@H]1O. The Labute approximate surface area is 133 Å². The van der Waals surface area contributed by atoms with Crippen molar-refractivity contribution in [3.8, 4) is 0 Å². The van der Waals surface area contributed by atoms with Gasteiger partial charge in [-0.1, -0.05) is 31.9 Å². The maximum Gasteiger partial charge on any atom is 0.114 e. The summed E-state index contributed by atoms with van der Waals surface area (Å²) >= 11 is 0. The third-order valence-corrected chi connectivity index (χ3v) is 3.97. The van der Waals surface area contributed by atoms with Crippen molar-refractivity contribution in [3.05, 3.63) is 12.2 Å². The van der Waals surface area contributed by atoms with Gasteiger partial charge in [0.25, 0.3) is 0 Å². The molecule has 22 heavy (non-hydrogen) atoms. The Hall–Kier alpha value is -0.460. The lowest BCUT2D eigenvalue weighted by molar-refractivity contribution is -0.101. The molecule has 0 unspecified atom stereocenters. The highest BCUT2D eigenvalue weighted by Crippen LogP contribution is 2.19. The zero-order valence-electron chi connectivity index (χ0n) is 13.7. The Morgan fingerprint density at radius 3 is 2.36 bits per heavy atom. The number of hydrogen-bond donors (Lipinski definition) is 3. The van der Waals surface area contributed by atoms with E-state index < -0.39 is 24.4 Å². The number of aliphatic hydroxyl groups excluding tert-OH is 3. The van der Waals surface area contributed by atoms with Crippen LogP contribution >= 0.6 is 0 Å². The summed E-state index contributed by atoms with van der Waals surface area (Å²) in [6.07, 6.45) is 9.36. The monoisotopic (exact) mass is 316 g/mol. The van der Waals surface area contributed by atoms with Crippen LogP contribution in [-0.2, 0) is 9.47 Å². The fraction of sp³-hybridized carbons (Fsp3) is 0.882. The lowest BCUT2D eigenvalue weighted by atomic mass is 10.1. The predicted octanol–water partition coefficient (Wildman–Crippen LogP) is 1.79. The van der Waals surface area contributed by atoms with E-state index in [2.05, 4.69) is 19.1 Å². The minimum Gasteiger partial charge on any atom is -0.394 e. The highest BCUT2D eigenvalue weighted by molar-refractivity contribution is 4.88. The van der Waals surface area contributed by atoms with Crippen LogP contribution in [0.2, 0.25) is 0 Å². The fourth-order valence-corrected chi connectivity index (χ4v) is 2.55. The number of hydrogen-bond acceptors (Lipinski definition) is 5. The van der Waals surface area contributed by atoms with E-state index in [1.165, 1.54) is 19.3 Å². The van der Waals surface area contributed by atoms with Crippen molar-refractivity contribution in [1.82, 2.24) is 0 Å². The van der Waals surface area contributed by atoms with E-state index in [9.17, 15) is 15.3 Å². The molecule has 4 atom stereocenters. The summed E-state index contributed by atoms with van der Waals surface area (Å²) < 4.78 is 10.9. The summed E-state index contributed by atoms with van der Waals surface area (Å²) in [7, 11) is 0. The van der Waals surface area contributed by atoms with Crippen molar-refractivity contribution in [3.63, 3.8) is 0 Å². The van der Waals surface area contributed by atoms with E-state index in [0.717, 1.165) is 25.7 Å². The largest absolute Gasteiger partial charge is 0.394 e. The molecule has 1 saturated heterocycles. The van der Waals surface area contributed by atoms with E-state index in [1.807, 2.05) is 0 Å². The van der Waals surface area contributed by atoms with Crippen LogP contribution < -0.4 is 0 Å². The molecular weight excluding hydrogens is 284 g/mol.